The fourth-order valence-corrected chi connectivity index (χ4v) is 3.91. The molecule has 0 aliphatic carbocycles. The number of hydrogen-bond acceptors (Lipinski definition) is 4. The van der Waals surface area contributed by atoms with Crippen LogP contribution in [0.15, 0.2) is 29.2 Å². The standard InChI is InChI=1S/C15H19N3O4S/c1-9(2)18-11(4)14(10(3)16-18)23(21,22)17-13-7-5-6-12(8-13)15(19)20/h5-9,17H,1-4H3,(H,19,20). The van der Waals surface area contributed by atoms with Gasteiger partial charge in [0.05, 0.1) is 17.0 Å². The Bertz CT molecular complexity index is 854. The van der Waals surface area contributed by atoms with E-state index in [9.17, 15) is 13.2 Å². The normalized spacial score (nSPS) is 11.7. The summed E-state index contributed by atoms with van der Waals surface area (Å²) in [6.07, 6.45) is 0. The van der Waals surface area contributed by atoms with Crippen molar-refractivity contribution in [1.29, 1.82) is 0 Å². The Labute approximate surface area is 135 Å². The summed E-state index contributed by atoms with van der Waals surface area (Å²) in [7, 11) is -3.86. The molecular weight excluding hydrogens is 318 g/mol. The average Bonchev–Trinajstić information content (AvgIpc) is 2.74. The summed E-state index contributed by atoms with van der Waals surface area (Å²) in [5.41, 5.74) is 1.15. The van der Waals surface area contributed by atoms with Gasteiger partial charge in [0, 0.05) is 11.7 Å². The van der Waals surface area contributed by atoms with Gasteiger partial charge in [-0.3, -0.25) is 9.40 Å². The number of nitrogens with zero attached hydrogens (tertiary/aromatic N) is 2. The molecule has 2 rings (SSSR count). The molecule has 0 saturated heterocycles. The zero-order valence-electron chi connectivity index (χ0n) is 13.4. The van der Waals surface area contributed by atoms with Gasteiger partial charge in [-0.1, -0.05) is 6.07 Å². The lowest BCUT2D eigenvalue weighted by Crippen LogP contribution is -2.15. The summed E-state index contributed by atoms with van der Waals surface area (Å²) in [6, 6.07) is 5.69. The summed E-state index contributed by atoms with van der Waals surface area (Å²) in [5, 5.41) is 13.3. The minimum absolute atomic E-state index is 0.0107. The number of benzene rings is 1. The number of aryl methyl sites for hydroxylation is 1. The van der Waals surface area contributed by atoms with Crippen molar-refractivity contribution in [3.8, 4) is 0 Å². The van der Waals surface area contributed by atoms with Gasteiger partial charge in [-0.15, -0.1) is 0 Å². The summed E-state index contributed by atoms with van der Waals surface area (Å²) in [5.74, 6) is -1.12. The van der Waals surface area contributed by atoms with Gasteiger partial charge in [0.15, 0.2) is 0 Å². The van der Waals surface area contributed by atoms with Gasteiger partial charge in [0.25, 0.3) is 10.0 Å². The number of aromatic carboxylic acids is 1. The summed E-state index contributed by atoms with van der Waals surface area (Å²) in [6.45, 7) is 7.16. The quantitative estimate of drug-likeness (QED) is 0.873. The highest BCUT2D eigenvalue weighted by molar-refractivity contribution is 7.92. The van der Waals surface area contributed by atoms with E-state index < -0.39 is 16.0 Å². The van der Waals surface area contributed by atoms with Crippen LogP contribution in [0, 0.1) is 13.8 Å². The Morgan fingerprint density at radius 1 is 1.30 bits per heavy atom. The van der Waals surface area contributed by atoms with Crippen molar-refractivity contribution in [2.24, 2.45) is 0 Å². The van der Waals surface area contributed by atoms with Crippen molar-refractivity contribution in [3.63, 3.8) is 0 Å². The first-order chi connectivity index (χ1) is 10.6. The second kappa shape index (κ2) is 6.04. The van der Waals surface area contributed by atoms with Gasteiger partial charge in [0.1, 0.15) is 4.90 Å². The smallest absolute Gasteiger partial charge is 0.335 e. The van der Waals surface area contributed by atoms with Crippen LogP contribution < -0.4 is 4.72 Å². The molecule has 2 N–H and O–H groups in total. The molecule has 7 nitrogen and oxygen atoms in total. The van der Waals surface area contributed by atoms with Crippen molar-refractivity contribution in [1.82, 2.24) is 9.78 Å². The van der Waals surface area contributed by atoms with Crippen LogP contribution in [0.5, 0.6) is 0 Å². The van der Waals surface area contributed by atoms with E-state index in [1.165, 1.54) is 24.3 Å². The third-order valence-corrected chi connectivity index (χ3v) is 5.01. The zero-order chi connectivity index (χ0) is 17.4. The molecule has 0 aliphatic rings. The second-order valence-corrected chi connectivity index (χ2v) is 7.15. The molecule has 23 heavy (non-hydrogen) atoms. The average molecular weight is 337 g/mol. The monoisotopic (exact) mass is 337 g/mol. The predicted octanol–water partition coefficient (Wildman–Crippen LogP) is 2.58. The van der Waals surface area contributed by atoms with Crippen molar-refractivity contribution in [2.45, 2.75) is 38.6 Å². The minimum Gasteiger partial charge on any atom is -0.478 e. The molecule has 8 heteroatoms. The number of sulfonamides is 1. The first-order valence-electron chi connectivity index (χ1n) is 7.05. The molecule has 1 aromatic carbocycles. The zero-order valence-corrected chi connectivity index (χ0v) is 14.2. The number of carboxylic acid groups (broad SMARTS) is 1. The molecule has 2 aromatic rings. The van der Waals surface area contributed by atoms with E-state index >= 15 is 0 Å². The number of hydrogen-bond donors (Lipinski definition) is 2. The van der Waals surface area contributed by atoms with Crippen LogP contribution in [0.25, 0.3) is 0 Å². The molecule has 1 heterocycles. The SMILES string of the molecule is Cc1nn(C(C)C)c(C)c1S(=O)(=O)Nc1cccc(C(=O)O)c1. The fraction of sp³-hybridized carbons (Fsp3) is 0.333. The van der Waals surface area contributed by atoms with Gasteiger partial charge in [0.2, 0.25) is 0 Å². The van der Waals surface area contributed by atoms with E-state index in [0.29, 0.717) is 11.4 Å². The van der Waals surface area contributed by atoms with E-state index in [1.807, 2.05) is 13.8 Å². The maximum absolute atomic E-state index is 12.6. The van der Waals surface area contributed by atoms with Crippen molar-refractivity contribution >= 4 is 21.7 Å². The van der Waals surface area contributed by atoms with Crippen LogP contribution in [0.2, 0.25) is 0 Å². The molecule has 0 unspecified atom stereocenters. The van der Waals surface area contributed by atoms with Gasteiger partial charge >= 0.3 is 5.97 Å². The first kappa shape index (κ1) is 17.0. The highest BCUT2D eigenvalue weighted by Gasteiger charge is 2.25. The molecule has 0 spiro atoms. The van der Waals surface area contributed by atoms with E-state index in [4.69, 9.17) is 5.11 Å². The minimum atomic E-state index is -3.86. The Hall–Kier alpha value is -2.35. The fourth-order valence-electron chi connectivity index (χ4n) is 2.46. The Morgan fingerprint density at radius 2 is 1.96 bits per heavy atom. The van der Waals surface area contributed by atoms with Crippen LogP contribution in [0.3, 0.4) is 0 Å². The van der Waals surface area contributed by atoms with Gasteiger partial charge < -0.3 is 5.11 Å². The van der Waals surface area contributed by atoms with Gasteiger partial charge in [-0.2, -0.15) is 5.10 Å². The third-order valence-electron chi connectivity index (χ3n) is 3.38. The number of anilines is 1. The molecule has 0 atom stereocenters. The van der Waals surface area contributed by atoms with E-state index in [2.05, 4.69) is 9.82 Å². The lowest BCUT2D eigenvalue weighted by Gasteiger charge is -2.11. The Kier molecular flexibility index (Phi) is 4.46. The number of aromatic nitrogens is 2. The largest absolute Gasteiger partial charge is 0.478 e. The second-order valence-electron chi connectivity index (χ2n) is 5.53. The maximum Gasteiger partial charge on any atom is 0.335 e. The maximum atomic E-state index is 12.6. The van der Waals surface area contributed by atoms with Gasteiger partial charge in [-0.05, 0) is 45.9 Å². The summed E-state index contributed by atoms with van der Waals surface area (Å²) in [4.78, 5) is 11.1. The molecule has 0 radical (unpaired) electrons. The number of carboxylic acids is 1. The topological polar surface area (TPSA) is 101 Å². The van der Waals surface area contributed by atoms with E-state index in [0.717, 1.165) is 0 Å². The molecule has 0 amide bonds. The number of nitrogens with one attached hydrogen (secondary N) is 1. The van der Waals surface area contributed by atoms with Crippen LogP contribution >= 0.6 is 0 Å². The molecule has 0 fully saturated rings. The highest BCUT2D eigenvalue weighted by atomic mass is 32.2. The van der Waals surface area contributed by atoms with Crippen LogP contribution in [-0.4, -0.2) is 29.3 Å². The van der Waals surface area contributed by atoms with Crippen molar-refractivity contribution < 1.29 is 18.3 Å². The summed E-state index contributed by atoms with van der Waals surface area (Å²) >= 11 is 0. The summed E-state index contributed by atoms with van der Waals surface area (Å²) < 4.78 is 29.4. The van der Waals surface area contributed by atoms with Crippen LogP contribution in [0.1, 0.15) is 41.6 Å². The van der Waals surface area contributed by atoms with E-state index in [-0.39, 0.29) is 22.2 Å². The first-order valence-corrected chi connectivity index (χ1v) is 8.53. The lowest BCUT2D eigenvalue weighted by atomic mass is 10.2. The van der Waals surface area contributed by atoms with Crippen LogP contribution in [-0.2, 0) is 10.0 Å². The number of rotatable bonds is 5. The molecule has 0 bridgehead atoms. The third kappa shape index (κ3) is 3.37. The lowest BCUT2D eigenvalue weighted by molar-refractivity contribution is 0.0697. The molecule has 1 aromatic heterocycles. The Morgan fingerprint density at radius 3 is 2.48 bits per heavy atom. The van der Waals surface area contributed by atoms with Crippen molar-refractivity contribution in [3.05, 3.63) is 41.2 Å². The highest BCUT2D eigenvalue weighted by Crippen LogP contribution is 2.25. The molecule has 0 aliphatic heterocycles. The van der Waals surface area contributed by atoms with Gasteiger partial charge in [-0.25, -0.2) is 13.2 Å². The molecular formula is C15H19N3O4S. The van der Waals surface area contributed by atoms with Crippen molar-refractivity contribution in [2.75, 3.05) is 4.72 Å². The van der Waals surface area contributed by atoms with E-state index in [1.54, 1.807) is 18.5 Å². The van der Waals surface area contributed by atoms with Crippen LogP contribution in [0.4, 0.5) is 5.69 Å². The number of carbonyl (C=O) groups is 1. The predicted molar refractivity (Wildman–Crippen MR) is 86.3 cm³/mol. The molecule has 124 valence electrons. The Balaban J connectivity index is 2.44. The molecule has 0 saturated carbocycles.